The van der Waals surface area contributed by atoms with E-state index >= 15 is 0 Å². The number of anilines is 1. The Hall–Kier alpha value is -2.52. The summed E-state index contributed by atoms with van der Waals surface area (Å²) < 4.78 is 6.26. The summed E-state index contributed by atoms with van der Waals surface area (Å²) in [6.07, 6.45) is 7.95. The van der Waals surface area contributed by atoms with Crippen molar-refractivity contribution in [3.05, 3.63) is 94.2 Å². The van der Waals surface area contributed by atoms with Crippen molar-refractivity contribution in [2.24, 2.45) is 5.92 Å². The van der Waals surface area contributed by atoms with E-state index in [0.29, 0.717) is 17.9 Å². The zero-order valence-corrected chi connectivity index (χ0v) is 16.7. The van der Waals surface area contributed by atoms with Crippen LogP contribution >= 0.6 is 11.3 Å². The highest BCUT2D eigenvalue weighted by Gasteiger charge is 2.39. The molecule has 0 amide bonds. The highest BCUT2D eigenvalue weighted by Crippen LogP contribution is 2.52. The lowest BCUT2D eigenvalue weighted by molar-refractivity contribution is 0.309. The van der Waals surface area contributed by atoms with Gasteiger partial charge < -0.3 is 10.1 Å². The highest BCUT2D eigenvalue weighted by atomic mass is 32.1. The Morgan fingerprint density at radius 3 is 2.79 bits per heavy atom. The van der Waals surface area contributed by atoms with Gasteiger partial charge in [0.15, 0.2) is 0 Å². The van der Waals surface area contributed by atoms with Crippen LogP contribution in [0.25, 0.3) is 0 Å². The smallest absolute Gasteiger partial charge is 0.142 e. The van der Waals surface area contributed by atoms with Crippen molar-refractivity contribution >= 4 is 17.0 Å². The van der Waals surface area contributed by atoms with Gasteiger partial charge in [-0.15, -0.1) is 11.3 Å². The summed E-state index contributed by atoms with van der Waals surface area (Å²) in [5, 5.41) is 6.02. The molecule has 2 heterocycles. The van der Waals surface area contributed by atoms with Gasteiger partial charge in [-0.25, -0.2) is 0 Å². The Morgan fingerprint density at radius 2 is 1.93 bits per heavy atom. The van der Waals surface area contributed by atoms with Gasteiger partial charge in [-0.05, 0) is 53.8 Å². The number of allylic oxidation sites excluding steroid dienone is 2. The molecule has 1 aliphatic heterocycles. The predicted molar refractivity (Wildman–Crippen MR) is 117 cm³/mol. The third-order valence-corrected chi connectivity index (χ3v) is 6.87. The topological polar surface area (TPSA) is 21.3 Å². The van der Waals surface area contributed by atoms with Crippen molar-refractivity contribution < 1.29 is 4.74 Å². The molecule has 0 spiro atoms. The van der Waals surface area contributed by atoms with Crippen molar-refractivity contribution in [3.63, 3.8) is 0 Å². The van der Waals surface area contributed by atoms with Gasteiger partial charge in [0.2, 0.25) is 0 Å². The van der Waals surface area contributed by atoms with Crippen LogP contribution in [0.3, 0.4) is 0 Å². The summed E-state index contributed by atoms with van der Waals surface area (Å²) in [6.45, 7) is 0.737. The van der Waals surface area contributed by atoms with Crippen LogP contribution < -0.4 is 10.1 Å². The number of aryl methyl sites for hydroxylation is 1. The van der Waals surface area contributed by atoms with E-state index in [1.54, 1.807) is 0 Å². The number of para-hydroxylation sites is 1. The Kier molecular flexibility index (Phi) is 4.92. The van der Waals surface area contributed by atoms with E-state index in [1.807, 2.05) is 11.3 Å². The molecule has 1 N–H and O–H groups in total. The number of thiophene rings is 1. The maximum absolute atomic E-state index is 6.26. The van der Waals surface area contributed by atoms with E-state index in [1.165, 1.54) is 21.7 Å². The number of benzene rings is 2. The zero-order chi connectivity index (χ0) is 18.8. The van der Waals surface area contributed by atoms with Crippen LogP contribution in [-0.2, 0) is 6.42 Å². The Labute approximate surface area is 170 Å². The van der Waals surface area contributed by atoms with Crippen molar-refractivity contribution in [1.29, 1.82) is 0 Å². The molecule has 2 aliphatic rings. The second-order valence-corrected chi connectivity index (χ2v) is 8.63. The summed E-state index contributed by atoms with van der Waals surface area (Å²) in [5.74, 6) is 2.07. The van der Waals surface area contributed by atoms with E-state index in [0.717, 1.165) is 31.6 Å². The molecule has 0 bridgehead atoms. The summed E-state index contributed by atoms with van der Waals surface area (Å²) in [4.78, 5) is 1.42. The molecule has 3 atom stereocenters. The fourth-order valence-electron chi connectivity index (χ4n) is 4.57. The van der Waals surface area contributed by atoms with E-state index < -0.39 is 0 Å². The van der Waals surface area contributed by atoms with Crippen LogP contribution in [0.1, 0.15) is 40.8 Å². The van der Waals surface area contributed by atoms with Crippen molar-refractivity contribution in [2.75, 3.05) is 11.9 Å². The molecule has 2 nitrogen and oxygen atoms in total. The fraction of sp³-hybridized carbons (Fsp3) is 0.280. The average Bonchev–Trinajstić information content (AvgIpc) is 3.44. The third kappa shape index (κ3) is 3.35. The van der Waals surface area contributed by atoms with Crippen LogP contribution in [0.2, 0.25) is 0 Å². The van der Waals surface area contributed by atoms with Crippen LogP contribution in [0, 0.1) is 5.92 Å². The molecule has 0 fully saturated rings. The first kappa shape index (κ1) is 17.6. The quantitative estimate of drug-likeness (QED) is 0.381. The summed E-state index contributed by atoms with van der Waals surface area (Å²) in [7, 11) is 0. The molecule has 2 aromatic carbocycles. The largest absolute Gasteiger partial charge is 0.491 e. The van der Waals surface area contributed by atoms with Crippen LogP contribution in [0.15, 0.2) is 78.2 Å². The Morgan fingerprint density at radius 1 is 1.00 bits per heavy atom. The van der Waals surface area contributed by atoms with Gasteiger partial charge in [-0.3, -0.25) is 0 Å². The minimum atomic E-state index is 0.363. The second kappa shape index (κ2) is 7.84. The van der Waals surface area contributed by atoms with Crippen LogP contribution in [0.5, 0.6) is 5.75 Å². The molecule has 0 saturated carbocycles. The van der Waals surface area contributed by atoms with E-state index in [4.69, 9.17) is 4.74 Å². The van der Waals surface area contributed by atoms with Gasteiger partial charge in [0, 0.05) is 10.8 Å². The summed E-state index contributed by atoms with van der Waals surface area (Å²) in [6, 6.07) is 21.9. The average molecular weight is 388 g/mol. The molecule has 3 aromatic rings. The van der Waals surface area contributed by atoms with Gasteiger partial charge in [-0.2, -0.15) is 0 Å². The van der Waals surface area contributed by atoms with Gasteiger partial charge in [0.05, 0.1) is 18.3 Å². The van der Waals surface area contributed by atoms with Crippen LogP contribution in [0.4, 0.5) is 5.69 Å². The molecule has 1 aromatic heterocycles. The number of rotatable bonds is 6. The first-order valence-corrected chi connectivity index (χ1v) is 11.0. The number of fused-ring (bicyclic) bond motifs is 3. The lowest BCUT2D eigenvalue weighted by Crippen LogP contribution is -2.28. The number of hydrogen-bond donors (Lipinski definition) is 1. The van der Waals surface area contributed by atoms with Crippen LogP contribution in [-0.4, -0.2) is 6.61 Å². The molecule has 3 heteroatoms. The van der Waals surface area contributed by atoms with Gasteiger partial charge in [-0.1, -0.05) is 60.7 Å². The van der Waals surface area contributed by atoms with Gasteiger partial charge in [0.1, 0.15) is 5.75 Å². The SMILES string of the molecule is C1=CC2c3cccc(OCCCc4ccccc4)c3NC(c3cccs3)C2C1. The monoisotopic (exact) mass is 387 g/mol. The Bertz CT molecular complexity index is 948. The fourth-order valence-corrected chi connectivity index (χ4v) is 5.42. The molecule has 1 aliphatic carbocycles. The molecule has 3 unspecified atom stereocenters. The molecule has 0 radical (unpaired) electrons. The van der Waals surface area contributed by atoms with Crippen molar-refractivity contribution in [1.82, 2.24) is 0 Å². The first-order chi connectivity index (χ1) is 13.9. The molecular weight excluding hydrogens is 362 g/mol. The van der Waals surface area contributed by atoms with Crippen molar-refractivity contribution in [3.8, 4) is 5.75 Å². The standard InChI is InChI=1S/C25H25NOS/c1-2-8-18(9-3-1)10-6-16-27-22-14-5-13-20-19-11-4-12-21(19)25(26-24(20)22)23-15-7-17-28-23/h1-5,7-9,11,13-15,17,19,21,25-26H,6,10,12,16H2. The molecular formula is C25H25NOS. The lowest BCUT2D eigenvalue weighted by atomic mass is 9.79. The second-order valence-electron chi connectivity index (χ2n) is 7.65. The molecule has 0 saturated heterocycles. The predicted octanol–water partition coefficient (Wildman–Crippen LogP) is 6.59. The van der Waals surface area contributed by atoms with Crippen molar-refractivity contribution in [2.45, 2.75) is 31.2 Å². The van der Waals surface area contributed by atoms with Gasteiger partial charge in [0.25, 0.3) is 0 Å². The van der Waals surface area contributed by atoms with E-state index in [2.05, 4.69) is 83.5 Å². The number of nitrogens with one attached hydrogen (secondary N) is 1. The highest BCUT2D eigenvalue weighted by molar-refractivity contribution is 7.10. The summed E-state index contributed by atoms with van der Waals surface area (Å²) >= 11 is 1.85. The maximum Gasteiger partial charge on any atom is 0.142 e. The normalized spacial score (nSPS) is 22.4. The maximum atomic E-state index is 6.26. The van der Waals surface area contributed by atoms with E-state index in [9.17, 15) is 0 Å². The molecule has 5 rings (SSSR count). The zero-order valence-electron chi connectivity index (χ0n) is 15.9. The Balaban J connectivity index is 1.34. The summed E-state index contributed by atoms with van der Waals surface area (Å²) in [5.41, 5.74) is 3.94. The third-order valence-electron chi connectivity index (χ3n) is 5.92. The molecule has 28 heavy (non-hydrogen) atoms. The van der Waals surface area contributed by atoms with Gasteiger partial charge >= 0.3 is 0 Å². The number of ether oxygens (including phenoxy) is 1. The first-order valence-electron chi connectivity index (χ1n) is 10.2. The minimum absolute atomic E-state index is 0.363. The van der Waals surface area contributed by atoms with E-state index in [-0.39, 0.29) is 0 Å². The lowest BCUT2D eigenvalue weighted by Gasteiger charge is -2.37. The molecule has 142 valence electrons. The minimum Gasteiger partial charge on any atom is -0.491 e. The number of hydrogen-bond acceptors (Lipinski definition) is 3.